The molecule has 2 aromatic heterocycles. The molecule has 0 bridgehead atoms. The van der Waals surface area contributed by atoms with E-state index in [4.69, 9.17) is 4.52 Å². The first-order valence-electron chi connectivity index (χ1n) is 9.23. The number of hydrogen-bond acceptors (Lipinski definition) is 4. The second kappa shape index (κ2) is 5.97. The van der Waals surface area contributed by atoms with E-state index in [1.54, 1.807) is 16.8 Å². The highest BCUT2D eigenvalue weighted by Crippen LogP contribution is 2.30. The molecule has 1 fully saturated rings. The van der Waals surface area contributed by atoms with Gasteiger partial charge in [0.05, 0.1) is 12.2 Å². The zero-order chi connectivity index (χ0) is 18.5. The van der Waals surface area contributed by atoms with Crippen molar-refractivity contribution in [3.63, 3.8) is 0 Å². The topological polar surface area (TPSA) is 82.4 Å². The summed E-state index contributed by atoms with van der Waals surface area (Å²) in [5.41, 5.74) is 3.01. The minimum atomic E-state index is -0.147. The number of aromatic nitrogens is 2. The second-order valence-electron chi connectivity index (χ2n) is 7.33. The third-order valence-corrected chi connectivity index (χ3v) is 5.49. The van der Waals surface area contributed by atoms with Gasteiger partial charge in [-0.3, -0.25) is 9.59 Å². The summed E-state index contributed by atoms with van der Waals surface area (Å²) in [5, 5.41) is 5.08. The highest BCUT2D eigenvalue weighted by molar-refractivity contribution is 5.98. The quantitative estimate of drug-likeness (QED) is 0.774. The van der Waals surface area contributed by atoms with E-state index in [-0.39, 0.29) is 17.6 Å². The van der Waals surface area contributed by atoms with E-state index in [2.05, 4.69) is 10.1 Å². The molecule has 0 radical (unpaired) electrons. The lowest BCUT2D eigenvalue weighted by atomic mass is 10.0. The summed E-state index contributed by atoms with van der Waals surface area (Å²) < 4.78 is 5.37. The molecule has 0 unspecified atom stereocenters. The van der Waals surface area contributed by atoms with Crippen molar-refractivity contribution >= 4 is 22.7 Å². The largest absolute Gasteiger partial charge is 0.351 e. The van der Waals surface area contributed by atoms with Crippen LogP contribution in [0, 0.1) is 0 Å². The van der Waals surface area contributed by atoms with Gasteiger partial charge in [0, 0.05) is 42.5 Å². The van der Waals surface area contributed by atoms with Crippen LogP contribution in [-0.2, 0) is 13.0 Å². The summed E-state index contributed by atoms with van der Waals surface area (Å²) in [5.74, 6) is 0.0479. The number of para-hydroxylation sites is 1. The van der Waals surface area contributed by atoms with Gasteiger partial charge in [0.2, 0.25) is 5.76 Å². The third-order valence-electron chi connectivity index (χ3n) is 5.49. The molecule has 138 valence electrons. The molecule has 7 heteroatoms. The first-order chi connectivity index (χ1) is 13.1. The lowest BCUT2D eigenvalue weighted by molar-refractivity contribution is 0.0708. The zero-order valence-electron chi connectivity index (χ0n) is 15.1. The molecule has 2 aliphatic rings. The van der Waals surface area contributed by atoms with Crippen LogP contribution in [0.4, 0.5) is 0 Å². The fourth-order valence-corrected chi connectivity index (χ4v) is 3.70. The summed E-state index contributed by atoms with van der Waals surface area (Å²) in [6.45, 7) is 0.895. The molecule has 7 nitrogen and oxygen atoms in total. The van der Waals surface area contributed by atoms with Gasteiger partial charge in [-0.1, -0.05) is 23.4 Å². The van der Waals surface area contributed by atoms with Crippen molar-refractivity contribution in [1.82, 2.24) is 19.9 Å². The van der Waals surface area contributed by atoms with Gasteiger partial charge in [-0.15, -0.1) is 0 Å². The normalized spacial score (nSPS) is 16.4. The number of benzene rings is 1. The molecule has 0 spiro atoms. The number of amides is 2. The van der Waals surface area contributed by atoms with E-state index >= 15 is 0 Å². The number of nitrogens with zero attached hydrogens (tertiary/aromatic N) is 3. The standard InChI is InChI=1S/C20H20N4O3/c1-23(13-6-7-13)20(26)18-14-11-24(9-8-16(14)22-27-18)19(25)17-10-12-4-2-3-5-15(12)21-17/h2-5,10,13,21H,6-9,11H2,1H3. The SMILES string of the molecule is CN(C(=O)c1onc2c1CN(C(=O)c1cc3ccccc3[nH]1)CC2)C1CC1. The van der Waals surface area contributed by atoms with Crippen molar-refractivity contribution in [3.05, 3.63) is 53.0 Å². The van der Waals surface area contributed by atoms with Gasteiger partial charge in [-0.05, 0) is 25.0 Å². The maximum absolute atomic E-state index is 13.0. The number of fused-ring (bicyclic) bond motifs is 2. The molecule has 1 saturated carbocycles. The van der Waals surface area contributed by atoms with Crippen LogP contribution < -0.4 is 0 Å². The third kappa shape index (κ3) is 2.70. The molecule has 1 N–H and O–H groups in total. The van der Waals surface area contributed by atoms with Gasteiger partial charge >= 0.3 is 0 Å². The monoisotopic (exact) mass is 364 g/mol. The van der Waals surface area contributed by atoms with E-state index in [0.717, 1.165) is 35.0 Å². The molecule has 0 atom stereocenters. The fourth-order valence-electron chi connectivity index (χ4n) is 3.70. The van der Waals surface area contributed by atoms with Gasteiger partial charge in [-0.2, -0.15) is 0 Å². The first kappa shape index (κ1) is 16.1. The van der Waals surface area contributed by atoms with Crippen molar-refractivity contribution < 1.29 is 14.1 Å². The Bertz CT molecular complexity index is 1010. The molecule has 2 amide bonds. The second-order valence-corrected chi connectivity index (χ2v) is 7.33. The van der Waals surface area contributed by atoms with Gasteiger partial charge in [0.1, 0.15) is 5.69 Å². The molecule has 1 aliphatic carbocycles. The van der Waals surface area contributed by atoms with Crippen LogP contribution in [0.5, 0.6) is 0 Å². The van der Waals surface area contributed by atoms with Gasteiger partial charge in [0.15, 0.2) is 0 Å². The Morgan fingerprint density at radius 2 is 2.11 bits per heavy atom. The van der Waals surface area contributed by atoms with Gasteiger partial charge in [-0.25, -0.2) is 0 Å². The van der Waals surface area contributed by atoms with Crippen molar-refractivity contribution in [2.75, 3.05) is 13.6 Å². The minimum Gasteiger partial charge on any atom is -0.351 e. The average Bonchev–Trinajstić information content (AvgIpc) is 3.31. The molecular weight excluding hydrogens is 344 g/mol. The lowest BCUT2D eigenvalue weighted by Crippen LogP contribution is -2.37. The predicted molar refractivity (Wildman–Crippen MR) is 98.4 cm³/mol. The molecule has 1 aliphatic heterocycles. The Balaban J connectivity index is 1.40. The van der Waals surface area contributed by atoms with E-state index in [0.29, 0.717) is 31.2 Å². The van der Waals surface area contributed by atoms with Crippen LogP contribution in [0.1, 0.15) is 45.1 Å². The molecule has 1 aromatic carbocycles. The molecule has 27 heavy (non-hydrogen) atoms. The zero-order valence-corrected chi connectivity index (χ0v) is 15.1. The van der Waals surface area contributed by atoms with Crippen molar-refractivity contribution in [2.24, 2.45) is 0 Å². The van der Waals surface area contributed by atoms with Crippen LogP contribution in [-0.4, -0.2) is 51.4 Å². The Hall–Kier alpha value is -3.09. The van der Waals surface area contributed by atoms with Gasteiger partial charge < -0.3 is 19.3 Å². The summed E-state index contributed by atoms with van der Waals surface area (Å²) in [7, 11) is 1.80. The van der Waals surface area contributed by atoms with E-state index < -0.39 is 0 Å². The maximum atomic E-state index is 13.0. The molecular formula is C20H20N4O3. The van der Waals surface area contributed by atoms with Crippen molar-refractivity contribution in [3.8, 4) is 0 Å². The van der Waals surface area contributed by atoms with Crippen molar-refractivity contribution in [1.29, 1.82) is 0 Å². The van der Waals surface area contributed by atoms with Crippen LogP contribution in [0.2, 0.25) is 0 Å². The smallest absolute Gasteiger partial charge is 0.292 e. The Morgan fingerprint density at radius 1 is 1.30 bits per heavy atom. The van der Waals surface area contributed by atoms with Crippen LogP contribution in [0.3, 0.4) is 0 Å². The summed E-state index contributed by atoms with van der Waals surface area (Å²) in [6.07, 6.45) is 2.65. The number of rotatable bonds is 3. The molecule has 5 rings (SSSR count). The minimum absolute atomic E-state index is 0.0769. The Kier molecular flexibility index (Phi) is 3.56. The number of aromatic amines is 1. The van der Waals surface area contributed by atoms with Crippen LogP contribution >= 0.6 is 0 Å². The highest BCUT2D eigenvalue weighted by atomic mass is 16.5. The molecule has 3 aromatic rings. The number of carbonyl (C=O) groups excluding carboxylic acids is 2. The van der Waals surface area contributed by atoms with Crippen molar-refractivity contribution in [2.45, 2.75) is 31.8 Å². The first-order valence-corrected chi connectivity index (χ1v) is 9.23. The summed E-state index contributed by atoms with van der Waals surface area (Å²) in [6, 6.07) is 9.97. The number of H-pyrrole nitrogens is 1. The van der Waals surface area contributed by atoms with E-state index in [1.807, 2.05) is 30.3 Å². The van der Waals surface area contributed by atoms with Crippen LogP contribution in [0.15, 0.2) is 34.9 Å². The van der Waals surface area contributed by atoms with E-state index in [1.165, 1.54) is 0 Å². The Morgan fingerprint density at radius 3 is 2.89 bits per heavy atom. The Labute approximate surface area is 155 Å². The fraction of sp³-hybridized carbons (Fsp3) is 0.350. The van der Waals surface area contributed by atoms with Gasteiger partial charge in [0.25, 0.3) is 11.8 Å². The summed E-state index contributed by atoms with van der Waals surface area (Å²) in [4.78, 5) is 32.3. The maximum Gasteiger partial charge on any atom is 0.292 e. The van der Waals surface area contributed by atoms with E-state index in [9.17, 15) is 9.59 Å². The number of carbonyl (C=O) groups is 2. The van der Waals surface area contributed by atoms with Crippen LogP contribution in [0.25, 0.3) is 10.9 Å². The molecule has 3 heterocycles. The lowest BCUT2D eigenvalue weighted by Gasteiger charge is -2.26. The summed E-state index contributed by atoms with van der Waals surface area (Å²) >= 11 is 0. The molecule has 0 saturated heterocycles. The highest BCUT2D eigenvalue weighted by Gasteiger charge is 2.36. The number of nitrogens with one attached hydrogen (secondary N) is 1. The number of hydrogen-bond donors (Lipinski definition) is 1. The predicted octanol–water partition coefficient (Wildman–Crippen LogP) is 2.59. The average molecular weight is 364 g/mol.